The average molecular weight is 383 g/mol. The Morgan fingerprint density at radius 1 is 1.08 bits per heavy atom. The first-order chi connectivity index (χ1) is 12.3. The number of halogens is 3. The van der Waals surface area contributed by atoms with Gasteiger partial charge in [-0.2, -0.15) is 13.2 Å². The normalized spacial score (nSPS) is 11.4. The van der Waals surface area contributed by atoms with Gasteiger partial charge in [0.05, 0.1) is 19.9 Å². The molecule has 8 heteroatoms. The zero-order valence-corrected chi connectivity index (χ0v) is 14.8. The molecule has 1 N–H and O–H groups in total. The number of nitrogens with one attached hydrogen (secondary N) is 1. The van der Waals surface area contributed by atoms with Gasteiger partial charge in [0, 0.05) is 17.0 Å². The molecule has 4 nitrogen and oxygen atoms in total. The molecule has 0 saturated carbocycles. The number of benzene rings is 2. The summed E-state index contributed by atoms with van der Waals surface area (Å²) < 4.78 is 47.2. The maximum Gasteiger partial charge on any atom is 0.446 e. The van der Waals surface area contributed by atoms with E-state index in [2.05, 4.69) is 5.32 Å². The summed E-state index contributed by atoms with van der Waals surface area (Å²) in [6.45, 7) is 0. The van der Waals surface area contributed by atoms with Gasteiger partial charge in [-0.3, -0.25) is 4.79 Å². The molecule has 0 fully saturated rings. The van der Waals surface area contributed by atoms with Gasteiger partial charge in [0.15, 0.2) is 0 Å². The zero-order valence-electron chi connectivity index (χ0n) is 14.0. The van der Waals surface area contributed by atoms with Crippen LogP contribution in [0.3, 0.4) is 0 Å². The van der Waals surface area contributed by atoms with E-state index in [1.54, 1.807) is 18.2 Å². The third-order valence-corrected chi connectivity index (χ3v) is 3.94. The summed E-state index contributed by atoms with van der Waals surface area (Å²) in [6, 6.07) is 10.7. The van der Waals surface area contributed by atoms with Gasteiger partial charge in [0.2, 0.25) is 5.91 Å². The molecule has 0 unspecified atom stereocenters. The first-order valence-corrected chi connectivity index (χ1v) is 8.19. The maximum atomic E-state index is 12.3. The van der Waals surface area contributed by atoms with E-state index in [-0.39, 0.29) is 16.7 Å². The second kappa shape index (κ2) is 8.66. The predicted molar refractivity (Wildman–Crippen MR) is 95.6 cm³/mol. The number of ether oxygens (including phenoxy) is 2. The Hall–Kier alpha value is -2.61. The van der Waals surface area contributed by atoms with Gasteiger partial charge < -0.3 is 14.8 Å². The van der Waals surface area contributed by atoms with Crippen molar-refractivity contribution in [3.05, 3.63) is 54.1 Å². The monoisotopic (exact) mass is 383 g/mol. The van der Waals surface area contributed by atoms with Crippen molar-refractivity contribution in [2.75, 3.05) is 19.5 Å². The van der Waals surface area contributed by atoms with E-state index in [0.717, 1.165) is 0 Å². The van der Waals surface area contributed by atoms with Crippen molar-refractivity contribution in [2.45, 2.75) is 10.4 Å². The Bertz CT molecular complexity index is 789. The summed E-state index contributed by atoms with van der Waals surface area (Å²) in [5.74, 6) is 0.620. The molecule has 0 aliphatic carbocycles. The molecule has 138 valence electrons. The van der Waals surface area contributed by atoms with Crippen LogP contribution in [0.1, 0.15) is 5.56 Å². The molecule has 0 atom stereocenters. The third kappa shape index (κ3) is 6.03. The highest BCUT2D eigenvalue weighted by Crippen LogP contribution is 2.36. The van der Waals surface area contributed by atoms with Crippen LogP contribution in [0, 0.1) is 0 Å². The Labute approximate surface area is 153 Å². The Kier molecular flexibility index (Phi) is 6.57. The van der Waals surface area contributed by atoms with E-state index in [0.29, 0.717) is 22.7 Å². The zero-order chi connectivity index (χ0) is 19.2. The van der Waals surface area contributed by atoms with Crippen molar-refractivity contribution >= 4 is 29.4 Å². The highest BCUT2D eigenvalue weighted by molar-refractivity contribution is 8.00. The van der Waals surface area contributed by atoms with E-state index in [9.17, 15) is 18.0 Å². The third-order valence-electron chi connectivity index (χ3n) is 3.21. The van der Waals surface area contributed by atoms with E-state index < -0.39 is 11.4 Å². The van der Waals surface area contributed by atoms with Crippen molar-refractivity contribution in [1.82, 2.24) is 0 Å². The minimum atomic E-state index is -4.33. The van der Waals surface area contributed by atoms with Crippen molar-refractivity contribution in [1.29, 1.82) is 0 Å². The SMILES string of the molecule is COc1ccc(OC)c(NC(=O)/C=C/c2ccc(SC(F)(F)F)cc2)c1. The van der Waals surface area contributed by atoms with Crippen LogP contribution < -0.4 is 14.8 Å². The standard InChI is InChI=1S/C18H16F3NO3S/c1-24-13-6-9-16(25-2)15(11-13)22-17(23)10-5-12-3-7-14(8-4-12)26-18(19,20)21/h3-11H,1-2H3,(H,22,23)/b10-5+. The molecular formula is C18H16F3NO3S. The number of methoxy groups -OCH3 is 2. The molecule has 0 radical (unpaired) electrons. The van der Waals surface area contributed by atoms with Crippen LogP contribution in [-0.2, 0) is 4.79 Å². The minimum Gasteiger partial charge on any atom is -0.497 e. The summed E-state index contributed by atoms with van der Waals surface area (Å²) >= 11 is -0.186. The number of rotatable bonds is 6. The van der Waals surface area contributed by atoms with Crippen LogP contribution in [0.15, 0.2) is 53.4 Å². The van der Waals surface area contributed by atoms with Gasteiger partial charge >= 0.3 is 5.51 Å². The van der Waals surface area contributed by atoms with Crippen LogP contribution in [-0.4, -0.2) is 25.6 Å². The number of alkyl halides is 3. The fourth-order valence-electron chi connectivity index (χ4n) is 2.04. The molecule has 26 heavy (non-hydrogen) atoms. The number of carbonyl (C=O) groups excluding carboxylic acids is 1. The number of carbonyl (C=O) groups is 1. The van der Waals surface area contributed by atoms with Crippen molar-refractivity contribution in [3.8, 4) is 11.5 Å². The molecule has 2 aromatic rings. The number of hydrogen-bond donors (Lipinski definition) is 1. The number of hydrogen-bond acceptors (Lipinski definition) is 4. The second-order valence-corrected chi connectivity index (χ2v) is 6.14. The molecular weight excluding hydrogens is 367 g/mol. The van der Waals surface area contributed by atoms with Crippen LogP contribution in [0.2, 0.25) is 0 Å². The Morgan fingerprint density at radius 2 is 1.77 bits per heavy atom. The van der Waals surface area contributed by atoms with E-state index in [4.69, 9.17) is 9.47 Å². The van der Waals surface area contributed by atoms with Crippen LogP contribution in [0.25, 0.3) is 6.08 Å². The topological polar surface area (TPSA) is 47.6 Å². The molecule has 0 saturated heterocycles. The lowest BCUT2D eigenvalue weighted by molar-refractivity contribution is -0.111. The number of amides is 1. The van der Waals surface area contributed by atoms with Gasteiger partial charge in [0.25, 0.3) is 0 Å². The van der Waals surface area contributed by atoms with Gasteiger partial charge in [-0.1, -0.05) is 12.1 Å². The minimum absolute atomic E-state index is 0.0835. The summed E-state index contributed by atoms with van der Waals surface area (Å²) in [5, 5.41) is 2.67. The first kappa shape index (κ1) is 19.7. The predicted octanol–water partition coefficient (Wildman–Crippen LogP) is 4.97. The summed E-state index contributed by atoms with van der Waals surface area (Å²) in [6.07, 6.45) is 2.79. The number of anilines is 1. The summed E-state index contributed by atoms with van der Waals surface area (Å²) in [7, 11) is 2.99. The van der Waals surface area contributed by atoms with Crippen LogP contribution in [0.4, 0.5) is 18.9 Å². The molecule has 0 aromatic heterocycles. The van der Waals surface area contributed by atoms with E-state index in [1.807, 2.05) is 0 Å². The van der Waals surface area contributed by atoms with Crippen molar-refractivity contribution < 1.29 is 27.4 Å². The first-order valence-electron chi connectivity index (χ1n) is 7.37. The number of thioether (sulfide) groups is 1. The van der Waals surface area contributed by atoms with Gasteiger partial charge in [-0.25, -0.2) is 0 Å². The van der Waals surface area contributed by atoms with Crippen LogP contribution in [0.5, 0.6) is 11.5 Å². The lowest BCUT2D eigenvalue weighted by Crippen LogP contribution is -2.09. The fourth-order valence-corrected chi connectivity index (χ4v) is 2.58. The Balaban J connectivity index is 2.03. The maximum absolute atomic E-state index is 12.3. The lowest BCUT2D eigenvalue weighted by atomic mass is 10.2. The molecule has 0 bridgehead atoms. The summed E-state index contributed by atoms with van der Waals surface area (Å²) in [4.78, 5) is 12.1. The van der Waals surface area contributed by atoms with Gasteiger partial charge in [-0.05, 0) is 47.7 Å². The lowest BCUT2D eigenvalue weighted by Gasteiger charge is -2.10. The van der Waals surface area contributed by atoms with Gasteiger partial charge in [-0.15, -0.1) is 0 Å². The van der Waals surface area contributed by atoms with Crippen LogP contribution >= 0.6 is 11.8 Å². The average Bonchev–Trinajstić information content (AvgIpc) is 2.59. The van der Waals surface area contributed by atoms with E-state index in [1.165, 1.54) is 50.6 Å². The van der Waals surface area contributed by atoms with Crippen molar-refractivity contribution in [2.24, 2.45) is 0 Å². The second-order valence-electron chi connectivity index (χ2n) is 5.01. The molecule has 0 aliphatic heterocycles. The van der Waals surface area contributed by atoms with E-state index >= 15 is 0 Å². The van der Waals surface area contributed by atoms with Crippen molar-refractivity contribution in [3.63, 3.8) is 0 Å². The molecule has 0 spiro atoms. The van der Waals surface area contributed by atoms with Gasteiger partial charge in [0.1, 0.15) is 11.5 Å². The highest BCUT2D eigenvalue weighted by Gasteiger charge is 2.28. The fraction of sp³-hybridized carbons (Fsp3) is 0.167. The highest BCUT2D eigenvalue weighted by atomic mass is 32.2. The molecule has 2 rings (SSSR count). The smallest absolute Gasteiger partial charge is 0.446 e. The molecule has 0 aliphatic rings. The molecule has 1 amide bonds. The quantitative estimate of drug-likeness (QED) is 0.565. The molecule has 2 aromatic carbocycles. The molecule has 0 heterocycles. The summed E-state index contributed by atoms with van der Waals surface area (Å²) in [5.41, 5.74) is -3.28. The Morgan fingerprint density at radius 3 is 2.35 bits per heavy atom. The largest absolute Gasteiger partial charge is 0.497 e.